The fourth-order valence-corrected chi connectivity index (χ4v) is 3.47. The molecule has 2 unspecified atom stereocenters. The largest absolute Gasteiger partial charge is 0.330 e. The van der Waals surface area contributed by atoms with Crippen LogP contribution in [0.3, 0.4) is 0 Å². The molecule has 2 saturated carbocycles. The summed E-state index contributed by atoms with van der Waals surface area (Å²) in [6.45, 7) is 2.13. The summed E-state index contributed by atoms with van der Waals surface area (Å²) in [5.41, 5.74) is 5.86. The monoisotopic (exact) mass is 224 g/mol. The van der Waals surface area contributed by atoms with Gasteiger partial charge in [-0.2, -0.15) is 0 Å². The highest BCUT2D eigenvalue weighted by Gasteiger charge is 2.24. The van der Waals surface area contributed by atoms with Crippen molar-refractivity contribution in [3.63, 3.8) is 0 Å². The number of nitrogens with two attached hydrogens (primary N) is 1. The van der Waals surface area contributed by atoms with Gasteiger partial charge in [-0.15, -0.1) is 0 Å². The van der Waals surface area contributed by atoms with Crippen LogP contribution in [0.2, 0.25) is 0 Å². The van der Waals surface area contributed by atoms with Crippen molar-refractivity contribution in [1.29, 1.82) is 0 Å². The van der Waals surface area contributed by atoms with E-state index in [0.29, 0.717) is 0 Å². The smallest absolute Gasteiger partial charge is 0.0107 e. The Kier molecular flexibility index (Phi) is 5.11. The second kappa shape index (κ2) is 6.61. The summed E-state index contributed by atoms with van der Waals surface area (Å²) in [4.78, 5) is 0. The molecule has 0 saturated heterocycles. The fourth-order valence-electron chi connectivity index (χ4n) is 3.47. The Bertz CT molecular complexity index is 187. The molecule has 0 spiro atoms. The van der Waals surface area contributed by atoms with E-state index < -0.39 is 0 Å². The van der Waals surface area contributed by atoms with Gasteiger partial charge in [0.1, 0.15) is 0 Å². The van der Waals surface area contributed by atoms with Gasteiger partial charge in [-0.3, -0.25) is 0 Å². The molecular weight excluding hydrogens is 196 g/mol. The normalized spacial score (nSPS) is 32.8. The maximum absolute atomic E-state index is 5.86. The van der Waals surface area contributed by atoms with Gasteiger partial charge in [-0.05, 0) is 50.6 Å². The molecule has 0 bridgehead atoms. The molecule has 0 aromatic heterocycles. The van der Waals surface area contributed by atoms with Crippen molar-refractivity contribution < 1.29 is 0 Å². The van der Waals surface area contributed by atoms with Crippen LogP contribution in [0, 0.1) is 11.8 Å². The number of hydrogen-bond donors (Lipinski definition) is 2. The lowest BCUT2D eigenvalue weighted by atomic mass is 9.83. The number of hydrogen-bond acceptors (Lipinski definition) is 2. The molecule has 2 rings (SSSR count). The van der Waals surface area contributed by atoms with Crippen LogP contribution in [0.4, 0.5) is 0 Å². The van der Waals surface area contributed by atoms with Gasteiger partial charge >= 0.3 is 0 Å². The third kappa shape index (κ3) is 3.46. The predicted octanol–water partition coefficient (Wildman–Crippen LogP) is 2.67. The minimum absolute atomic E-state index is 0.723. The Morgan fingerprint density at radius 1 is 0.875 bits per heavy atom. The van der Waals surface area contributed by atoms with Gasteiger partial charge in [0.2, 0.25) is 0 Å². The van der Waals surface area contributed by atoms with Gasteiger partial charge in [0, 0.05) is 6.04 Å². The van der Waals surface area contributed by atoms with E-state index in [1.165, 1.54) is 64.3 Å². The van der Waals surface area contributed by atoms with Gasteiger partial charge in [0.05, 0.1) is 0 Å². The topological polar surface area (TPSA) is 38.0 Å². The molecule has 16 heavy (non-hydrogen) atoms. The van der Waals surface area contributed by atoms with Crippen LogP contribution in [0.1, 0.15) is 57.8 Å². The van der Waals surface area contributed by atoms with Crippen LogP contribution in [-0.4, -0.2) is 19.1 Å². The first-order valence-corrected chi connectivity index (χ1v) is 7.33. The minimum Gasteiger partial charge on any atom is -0.330 e. The Labute approximate surface area is 100 Å². The van der Waals surface area contributed by atoms with Gasteiger partial charge in [-0.25, -0.2) is 0 Å². The third-order valence-electron chi connectivity index (χ3n) is 4.61. The molecule has 0 aliphatic heterocycles. The standard InChI is InChI=1S/C14H28N2/c15-10-13-8-4-5-9-14(13)16-11-12-6-2-1-3-7-12/h12-14,16H,1-11,15H2. The van der Waals surface area contributed by atoms with Crippen molar-refractivity contribution in [1.82, 2.24) is 5.32 Å². The average molecular weight is 224 g/mol. The SMILES string of the molecule is NCC1CCCCC1NCC1CCCCC1. The first-order chi connectivity index (χ1) is 7.90. The van der Waals surface area contributed by atoms with Gasteiger partial charge in [-0.1, -0.05) is 32.1 Å². The molecule has 0 aromatic rings. The Morgan fingerprint density at radius 3 is 2.31 bits per heavy atom. The number of rotatable bonds is 4. The zero-order valence-electron chi connectivity index (χ0n) is 10.6. The molecule has 0 amide bonds. The fraction of sp³-hybridized carbons (Fsp3) is 1.00. The summed E-state index contributed by atoms with van der Waals surface area (Å²) in [7, 11) is 0. The van der Waals surface area contributed by atoms with Crippen LogP contribution in [0.5, 0.6) is 0 Å². The molecule has 2 fully saturated rings. The van der Waals surface area contributed by atoms with Crippen molar-refractivity contribution >= 4 is 0 Å². The Balaban J connectivity index is 1.70. The summed E-state index contributed by atoms with van der Waals surface area (Å²) >= 11 is 0. The molecule has 2 atom stereocenters. The highest BCUT2D eigenvalue weighted by Crippen LogP contribution is 2.26. The lowest BCUT2D eigenvalue weighted by molar-refractivity contribution is 0.242. The maximum atomic E-state index is 5.86. The minimum atomic E-state index is 0.723. The van der Waals surface area contributed by atoms with Crippen molar-refractivity contribution in [3.05, 3.63) is 0 Å². The van der Waals surface area contributed by atoms with E-state index in [1.54, 1.807) is 0 Å². The quantitative estimate of drug-likeness (QED) is 0.770. The molecule has 2 aliphatic rings. The Morgan fingerprint density at radius 2 is 1.56 bits per heavy atom. The van der Waals surface area contributed by atoms with E-state index >= 15 is 0 Å². The van der Waals surface area contributed by atoms with Crippen molar-refractivity contribution in [2.45, 2.75) is 63.8 Å². The molecule has 3 N–H and O–H groups in total. The maximum Gasteiger partial charge on any atom is 0.0107 e. The molecule has 0 radical (unpaired) electrons. The van der Waals surface area contributed by atoms with Crippen LogP contribution >= 0.6 is 0 Å². The molecule has 2 aliphatic carbocycles. The second-order valence-corrected chi connectivity index (χ2v) is 5.80. The summed E-state index contributed by atoms with van der Waals surface area (Å²) < 4.78 is 0. The molecule has 0 heterocycles. The van der Waals surface area contributed by atoms with E-state index in [2.05, 4.69) is 5.32 Å². The lowest BCUT2D eigenvalue weighted by Crippen LogP contribution is -2.43. The zero-order valence-corrected chi connectivity index (χ0v) is 10.6. The van der Waals surface area contributed by atoms with Crippen LogP contribution in [0.25, 0.3) is 0 Å². The summed E-state index contributed by atoms with van der Waals surface area (Å²) in [5.74, 6) is 1.70. The van der Waals surface area contributed by atoms with E-state index in [9.17, 15) is 0 Å². The van der Waals surface area contributed by atoms with E-state index in [1.807, 2.05) is 0 Å². The van der Waals surface area contributed by atoms with Crippen LogP contribution in [-0.2, 0) is 0 Å². The summed E-state index contributed by atoms with van der Waals surface area (Å²) in [6, 6.07) is 0.723. The van der Waals surface area contributed by atoms with Crippen molar-refractivity contribution in [2.24, 2.45) is 17.6 Å². The van der Waals surface area contributed by atoms with Crippen LogP contribution < -0.4 is 11.1 Å². The van der Waals surface area contributed by atoms with Crippen molar-refractivity contribution in [3.8, 4) is 0 Å². The molecule has 94 valence electrons. The van der Waals surface area contributed by atoms with E-state index in [0.717, 1.165) is 24.4 Å². The van der Waals surface area contributed by atoms with Crippen molar-refractivity contribution in [2.75, 3.05) is 13.1 Å². The highest BCUT2D eigenvalue weighted by molar-refractivity contribution is 4.82. The Hall–Kier alpha value is -0.0800. The first-order valence-electron chi connectivity index (χ1n) is 7.33. The predicted molar refractivity (Wildman–Crippen MR) is 69.4 cm³/mol. The van der Waals surface area contributed by atoms with Gasteiger partial charge in [0.25, 0.3) is 0 Å². The van der Waals surface area contributed by atoms with Crippen LogP contribution in [0.15, 0.2) is 0 Å². The van der Waals surface area contributed by atoms with Gasteiger partial charge < -0.3 is 11.1 Å². The summed E-state index contributed by atoms with van der Waals surface area (Å²) in [5, 5.41) is 3.81. The first kappa shape index (κ1) is 12.4. The molecule has 0 aromatic carbocycles. The molecular formula is C14H28N2. The average Bonchev–Trinajstić information content (AvgIpc) is 2.38. The van der Waals surface area contributed by atoms with Gasteiger partial charge in [0.15, 0.2) is 0 Å². The third-order valence-corrected chi connectivity index (χ3v) is 4.61. The molecule has 2 nitrogen and oxygen atoms in total. The molecule has 2 heteroatoms. The highest BCUT2D eigenvalue weighted by atomic mass is 14.9. The second-order valence-electron chi connectivity index (χ2n) is 5.80. The van der Waals surface area contributed by atoms with E-state index in [-0.39, 0.29) is 0 Å². The zero-order chi connectivity index (χ0) is 11.2. The number of nitrogens with one attached hydrogen (secondary N) is 1. The van der Waals surface area contributed by atoms with E-state index in [4.69, 9.17) is 5.73 Å². The summed E-state index contributed by atoms with van der Waals surface area (Å²) in [6.07, 6.45) is 12.8. The lowest BCUT2D eigenvalue weighted by Gasteiger charge is -2.33.